The van der Waals surface area contributed by atoms with Gasteiger partial charge >= 0.3 is 0 Å². The SMILES string of the molecule is COc1ccc(CN2CCN(C(=O)c3cc4cc(Oc5ccc(N(C)C(=O)c6cc7cc(Br)ccc7[nH]6)cn5)ccc4n3C)CC2)cc1. The first kappa shape index (κ1) is 31.5. The van der Waals surface area contributed by atoms with Crippen molar-refractivity contribution in [3.63, 3.8) is 0 Å². The molecule has 2 amide bonds. The van der Waals surface area contributed by atoms with Gasteiger partial charge in [0.15, 0.2) is 0 Å². The van der Waals surface area contributed by atoms with Crippen molar-refractivity contribution >= 4 is 55.2 Å². The number of ether oxygens (including phenoxy) is 2. The summed E-state index contributed by atoms with van der Waals surface area (Å²) < 4.78 is 14.2. The molecule has 0 aliphatic carbocycles. The molecule has 4 heterocycles. The molecule has 1 N–H and O–H groups in total. The second-order valence-corrected chi connectivity index (χ2v) is 12.9. The molecule has 1 fully saturated rings. The fourth-order valence-electron chi connectivity index (χ4n) is 6.13. The lowest BCUT2D eigenvalue weighted by Crippen LogP contribution is -2.48. The average Bonchev–Trinajstić information content (AvgIpc) is 3.68. The van der Waals surface area contributed by atoms with Gasteiger partial charge in [-0.2, -0.15) is 0 Å². The number of hydrogen-bond acceptors (Lipinski definition) is 6. The normalized spacial score (nSPS) is 13.6. The fourth-order valence-corrected chi connectivity index (χ4v) is 6.50. The molecule has 0 bridgehead atoms. The van der Waals surface area contributed by atoms with Crippen LogP contribution in [0.5, 0.6) is 17.4 Å². The van der Waals surface area contributed by atoms with Gasteiger partial charge in [0, 0.05) is 79.2 Å². The minimum Gasteiger partial charge on any atom is -0.497 e. The minimum absolute atomic E-state index is 0.0245. The standard InChI is InChI=1S/C37H35BrN6O4/c1-41(36(45)32-20-25-18-27(38)6-11-31(25)40-32)28-7-13-35(39-22-28)48-30-10-12-33-26(19-30)21-34(42(33)2)37(46)44-16-14-43(15-17-44)23-24-4-8-29(47-3)9-5-24/h4-13,18-22,40H,14-17,23H2,1-3H3. The molecule has 1 aliphatic heterocycles. The van der Waals surface area contributed by atoms with Crippen LogP contribution >= 0.6 is 15.9 Å². The van der Waals surface area contributed by atoms with Gasteiger partial charge in [-0.3, -0.25) is 14.5 Å². The quantitative estimate of drug-likeness (QED) is 0.186. The number of benzene rings is 3. The molecule has 0 radical (unpaired) electrons. The number of methoxy groups -OCH3 is 1. The molecular formula is C37H35BrN6O4. The second-order valence-electron chi connectivity index (χ2n) is 12.0. The highest BCUT2D eigenvalue weighted by Crippen LogP contribution is 2.29. The van der Waals surface area contributed by atoms with Gasteiger partial charge in [-0.1, -0.05) is 28.1 Å². The Morgan fingerprint density at radius 1 is 0.896 bits per heavy atom. The zero-order valence-electron chi connectivity index (χ0n) is 26.9. The predicted molar refractivity (Wildman–Crippen MR) is 190 cm³/mol. The highest BCUT2D eigenvalue weighted by Gasteiger charge is 2.25. The summed E-state index contributed by atoms with van der Waals surface area (Å²) in [5, 5.41) is 1.86. The summed E-state index contributed by atoms with van der Waals surface area (Å²) in [6.07, 6.45) is 1.61. The molecule has 1 aliphatic rings. The number of hydrogen-bond donors (Lipinski definition) is 1. The highest BCUT2D eigenvalue weighted by atomic mass is 79.9. The smallest absolute Gasteiger partial charge is 0.274 e. The Balaban J connectivity index is 0.981. The summed E-state index contributed by atoms with van der Waals surface area (Å²) in [4.78, 5) is 40.2. The van der Waals surface area contributed by atoms with Gasteiger partial charge in [-0.25, -0.2) is 4.98 Å². The lowest BCUT2D eigenvalue weighted by molar-refractivity contribution is 0.0619. The van der Waals surface area contributed by atoms with E-state index in [1.165, 1.54) is 5.56 Å². The van der Waals surface area contributed by atoms with Gasteiger partial charge in [0.05, 0.1) is 19.0 Å². The fraction of sp³-hybridized carbons (Fsp3) is 0.216. The molecule has 1 saturated heterocycles. The molecule has 48 heavy (non-hydrogen) atoms. The number of aryl methyl sites for hydroxylation is 1. The second kappa shape index (κ2) is 13.2. The van der Waals surface area contributed by atoms with Crippen LogP contribution in [0.4, 0.5) is 5.69 Å². The van der Waals surface area contributed by atoms with Crippen LogP contribution in [0.3, 0.4) is 0 Å². The first-order valence-corrected chi connectivity index (χ1v) is 16.5. The van der Waals surface area contributed by atoms with Gasteiger partial charge in [0.1, 0.15) is 22.9 Å². The first-order valence-electron chi connectivity index (χ1n) is 15.7. The van der Waals surface area contributed by atoms with Crippen molar-refractivity contribution in [1.82, 2.24) is 24.3 Å². The molecule has 10 nitrogen and oxygen atoms in total. The number of rotatable bonds is 8. The number of amides is 2. The van der Waals surface area contributed by atoms with Crippen molar-refractivity contribution in [2.45, 2.75) is 6.54 Å². The third-order valence-electron chi connectivity index (χ3n) is 8.91. The predicted octanol–water partition coefficient (Wildman–Crippen LogP) is 6.85. The maximum absolute atomic E-state index is 13.6. The molecule has 3 aromatic carbocycles. The summed E-state index contributed by atoms with van der Waals surface area (Å²) in [6.45, 7) is 3.83. The van der Waals surface area contributed by atoms with Crippen molar-refractivity contribution in [3.05, 3.63) is 113 Å². The lowest BCUT2D eigenvalue weighted by atomic mass is 10.2. The summed E-state index contributed by atoms with van der Waals surface area (Å²) in [5.41, 5.74) is 4.83. The molecule has 3 aromatic heterocycles. The van der Waals surface area contributed by atoms with E-state index in [2.05, 4.69) is 42.9 Å². The number of nitrogens with one attached hydrogen (secondary N) is 1. The number of aromatic nitrogens is 3. The summed E-state index contributed by atoms with van der Waals surface area (Å²) in [5.74, 6) is 1.70. The van der Waals surface area contributed by atoms with Gasteiger partial charge in [0.2, 0.25) is 5.88 Å². The first-order chi connectivity index (χ1) is 23.2. The third kappa shape index (κ3) is 6.39. The van der Waals surface area contributed by atoms with Crippen LogP contribution in [0.15, 0.2) is 95.6 Å². The van der Waals surface area contributed by atoms with Crippen molar-refractivity contribution in [1.29, 1.82) is 0 Å². The van der Waals surface area contributed by atoms with E-state index in [-0.39, 0.29) is 11.8 Å². The maximum atomic E-state index is 13.6. The summed E-state index contributed by atoms with van der Waals surface area (Å²) in [6, 6.07) is 27.0. The Morgan fingerprint density at radius 2 is 1.67 bits per heavy atom. The molecular weight excluding hydrogens is 672 g/mol. The van der Waals surface area contributed by atoms with E-state index in [1.807, 2.05) is 77.2 Å². The van der Waals surface area contributed by atoms with E-state index >= 15 is 0 Å². The zero-order chi connectivity index (χ0) is 33.4. The van der Waals surface area contributed by atoms with E-state index in [9.17, 15) is 9.59 Å². The number of anilines is 1. The van der Waals surface area contributed by atoms with E-state index in [1.54, 1.807) is 37.4 Å². The van der Waals surface area contributed by atoms with E-state index in [0.717, 1.165) is 51.7 Å². The molecule has 0 atom stereocenters. The number of H-pyrrole nitrogens is 1. The Hall–Kier alpha value is -5.13. The summed E-state index contributed by atoms with van der Waals surface area (Å²) in [7, 11) is 5.30. The van der Waals surface area contributed by atoms with Crippen LogP contribution < -0.4 is 14.4 Å². The van der Waals surface area contributed by atoms with E-state index in [4.69, 9.17) is 9.47 Å². The Labute approximate surface area is 286 Å². The van der Waals surface area contributed by atoms with Crippen LogP contribution in [0.1, 0.15) is 26.5 Å². The number of nitrogens with zero attached hydrogens (tertiary/aromatic N) is 5. The Kier molecular flexibility index (Phi) is 8.63. The zero-order valence-corrected chi connectivity index (χ0v) is 28.5. The number of pyridine rings is 1. The molecule has 6 aromatic rings. The van der Waals surface area contributed by atoms with E-state index < -0.39 is 0 Å². The molecule has 0 unspecified atom stereocenters. The molecule has 7 rings (SSSR count). The topological polar surface area (TPSA) is 95.9 Å². The van der Waals surface area contributed by atoms with Crippen molar-refractivity contribution in [3.8, 4) is 17.4 Å². The van der Waals surface area contributed by atoms with Gasteiger partial charge in [0.25, 0.3) is 11.8 Å². The van der Waals surface area contributed by atoms with Crippen LogP contribution in [0.2, 0.25) is 0 Å². The third-order valence-corrected chi connectivity index (χ3v) is 9.40. The van der Waals surface area contributed by atoms with Gasteiger partial charge < -0.3 is 28.8 Å². The minimum atomic E-state index is -0.173. The Morgan fingerprint density at radius 3 is 2.40 bits per heavy atom. The van der Waals surface area contributed by atoms with Crippen LogP contribution in [0.25, 0.3) is 21.8 Å². The number of halogens is 1. The van der Waals surface area contributed by atoms with Gasteiger partial charge in [-0.05, 0) is 72.3 Å². The number of carbonyl (C=O) groups is 2. The van der Waals surface area contributed by atoms with Crippen molar-refractivity contribution in [2.24, 2.45) is 7.05 Å². The number of fused-ring (bicyclic) bond motifs is 2. The van der Waals surface area contributed by atoms with Crippen molar-refractivity contribution in [2.75, 3.05) is 45.2 Å². The lowest BCUT2D eigenvalue weighted by Gasteiger charge is -2.34. The molecule has 11 heteroatoms. The molecule has 0 spiro atoms. The van der Waals surface area contributed by atoms with Crippen LogP contribution in [-0.4, -0.2) is 76.5 Å². The van der Waals surface area contributed by atoms with Gasteiger partial charge in [-0.15, -0.1) is 0 Å². The Bertz CT molecular complexity index is 2110. The summed E-state index contributed by atoms with van der Waals surface area (Å²) >= 11 is 3.47. The highest BCUT2D eigenvalue weighted by molar-refractivity contribution is 9.10. The number of piperazine rings is 1. The largest absolute Gasteiger partial charge is 0.497 e. The van der Waals surface area contributed by atoms with Crippen LogP contribution in [-0.2, 0) is 13.6 Å². The monoisotopic (exact) mass is 706 g/mol. The van der Waals surface area contributed by atoms with Crippen molar-refractivity contribution < 1.29 is 19.1 Å². The van der Waals surface area contributed by atoms with Crippen LogP contribution in [0, 0.1) is 0 Å². The molecule has 0 saturated carbocycles. The van der Waals surface area contributed by atoms with E-state index in [0.29, 0.717) is 41.8 Å². The number of carbonyl (C=O) groups excluding carboxylic acids is 2. The average molecular weight is 708 g/mol. The molecule has 244 valence electrons. The maximum Gasteiger partial charge on any atom is 0.274 e. The number of aromatic amines is 1.